The molecule has 0 aliphatic heterocycles. The van der Waals surface area contributed by atoms with Gasteiger partial charge in [-0.1, -0.05) is 82.5 Å². The number of ketones is 2. The van der Waals surface area contributed by atoms with Crippen molar-refractivity contribution in [1.29, 1.82) is 0 Å². The highest BCUT2D eigenvalue weighted by molar-refractivity contribution is 6.14. The topological polar surface area (TPSA) is 76.1 Å². The zero-order valence-corrected chi connectivity index (χ0v) is 28.8. The van der Waals surface area contributed by atoms with Crippen molar-refractivity contribution in [1.82, 2.24) is 4.98 Å². The van der Waals surface area contributed by atoms with E-state index in [9.17, 15) is 18.8 Å². The Kier molecular flexibility index (Phi) is 13.9. The van der Waals surface area contributed by atoms with E-state index in [0.717, 1.165) is 39.1 Å². The second-order valence-electron chi connectivity index (χ2n) is 12.0. The number of aryl methyl sites for hydroxylation is 1. The van der Waals surface area contributed by atoms with Crippen molar-refractivity contribution in [3.63, 3.8) is 0 Å². The molecular formula is C42H53FN2O3. The highest BCUT2D eigenvalue weighted by atomic mass is 19.1. The van der Waals surface area contributed by atoms with Crippen LogP contribution in [0.15, 0.2) is 98.2 Å². The van der Waals surface area contributed by atoms with Gasteiger partial charge in [-0.05, 0) is 110 Å². The fraction of sp³-hybridized carbons (Fsp3) is 0.286. The molecule has 1 aromatic heterocycles. The number of pyridine rings is 1. The highest BCUT2D eigenvalue weighted by Gasteiger charge is 2.55. The number of allylic oxidation sites excluding steroid dienone is 2. The third-order valence-corrected chi connectivity index (χ3v) is 8.37. The number of fused-ring (bicyclic) bond motifs is 1. The van der Waals surface area contributed by atoms with Gasteiger partial charge in [-0.2, -0.15) is 0 Å². The number of halogens is 1. The average Bonchev–Trinajstić information content (AvgIpc) is 3.79. The molecule has 6 rings (SSSR count). The number of hydrogen-bond acceptors (Lipinski definition) is 4. The number of Topliss-reactive ketones (excluding diaryl/α,β-unsaturated/α-hetero) is 2. The van der Waals surface area contributed by atoms with E-state index in [0.29, 0.717) is 24.1 Å². The van der Waals surface area contributed by atoms with E-state index in [2.05, 4.69) is 42.5 Å². The Balaban J connectivity index is 0.000000801. The van der Waals surface area contributed by atoms with Crippen LogP contribution in [-0.2, 0) is 16.0 Å². The van der Waals surface area contributed by atoms with Gasteiger partial charge in [0.25, 0.3) is 0 Å². The number of amides is 1. The van der Waals surface area contributed by atoms with Gasteiger partial charge < -0.3 is 5.32 Å². The minimum absolute atomic E-state index is 0. The lowest BCUT2D eigenvalue weighted by atomic mass is 9.94. The predicted octanol–water partition coefficient (Wildman–Crippen LogP) is 11.1. The van der Waals surface area contributed by atoms with Crippen LogP contribution in [0, 0.1) is 24.1 Å². The Morgan fingerprint density at radius 2 is 1.58 bits per heavy atom. The molecule has 1 fully saturated rings. The Bertz CT molecular complexity index is 1780. The van der Waals surface area contributed by atoms with Crippen LogP contribution in [0.3, 0.4) is 0 Å². The molecule has 2 aliphatic carbocycles. The Morgan fingerprint density at radius 1 is 0.958 bits per heavy atom. The molecule has 4 aromatic rings. The van der Waals surface area contributed by atoms with E-state index >= 15 is 0 Å². The molecular weight excluding hydrogens is 599 g/mol. The Labute approximate surface area is 289 Å². The number of carbonyl (C=O) groups excluding carboxylic acids is 3. The minimum atomic E-state index is -0.939. The van der Waals surface area contributed by atoms with Gasteiger partial charge in [-0.15, -0.1) is 0 Å². The smallest absolute Gasteiger partial charge is 0.238 e. The number of nitrogens with one attached hydrogen (secondary N) is 1. The van der Waals surface area contributed by atoms with Gasteiger partial charge >= 0.3 is 0 Å². The molecule has 1 heterocycles. The Hall–Kier alpha value is -4.97. The quantitative estimate of drug-likeness (QED) is 0.117. The molecule has 5 nitrogen and oxygen atoms in total. The van der Waals surface area contributed by atoms with Crippen molar-refractivity contribution in [3.05, 3.63) is 132 Å². The third-order valence-electron chi connectivity index (χ3n) is 8.37. The maximum atomic E-state index is 12.9. The van der Waals surface area contributed by atoms with Gasteiger partial charge in [-0.3, -0.25) is 19.4 Å². The lowest BCUT2D eigenvalue weighted by Crippen LogP contribution is -2.32. The standard InChI is InChI=1S/C20H18FNO2.C14H13NO.C6H10.C2H6.3H2/c1-2-14-5-9-17(10-6-14)22-19(24)20(11-12-20)18(23)13-15-3-7-16(21)8-4-15;1-4-11-7-14-12(8-13(11)10(3)16)9(2)5-6-15-14;1-6-4-2-3-5-6;1-2;;;/h2-10H,1,11-13H2,(H,22,24);4-8H,1H2,2-3H3;2-3,6H,4-5H2,1H3;1-2H3;3*1H. The molecule has 3 aromatic carbocycles. The monoisotopic (exact) mass is 652 g/mol. The van der Waals surface area contributed by atoms with Gasteiger partial charge in [0, 0.05) is 33.5 Å². The van der Waals surface area contributed by atoms with Gasteiger partial charge in [0.2, 0.25) is 5.91 Å². The summed E-state index contributed by atoms with van der Waals surface area (Å²) in [5.41, 5.74) is 4.98. The second kappa shape index (κ2) is 17.8. The molecule has 256 valence electrons. The third kappa shape index (κ3) is 10.0. The molecule has 48 heavy (non-hydrogen) atoms. The lowest BCUT2D eigenvalue weighted by molar-refractivity contribution is -0.132. The number of hydrogen-bond donors (Lipinski definition) is 1. The van der Waals surface area contributed by atoms with E-state index < -0.39 is 5.41 Å². The van der Waals surface area contributed by atoms with Crippen LogP contribution in [-0.4, -0.2) is 22.5 Å². The van der Waals surface area contributed by atoms with E-state index in [1.165, 1.54) is 25.0 Å². The zero-order valence-electron chi connectivity index (χ0n) is 28.8. The molecule has 1 N–H and O–H groups in total. The molecule has 0 radical (unpaired) electrons. The van der Waals surface area contributed by atoms with Gasteiger partial charge in [0.05, 0.1) is 5.52 Å². The summed E-state index contributed by atoms with van der Waals surface area (Å²) in [7, 11) is 0. The summed E-state index contributed by atoms with van der Waals surface area (Å²) in [5, 5.41) is 3.84. The van der Waals surface area contributed by atoms with Crippen LogP contribution in [0.25, 0.3) is 23.1 Å². The van der Waals surface area contributed by atoms with Crippen LogP contribution < -0.4 is 5.32 Å². The van der Waals surface area contributed by atoms with Crippen molar-refractivity contribution < 1.29 is 23.1 Å². The summed E-state index contributed by atoms with van der Waals surface area (Å²) in [4.78, 5) is 40.9. The Morgan fingerprint density at radius 3 is 2.08 bits per heavy atom. The van der Waals surface area contributed by atoms with E-state index in [-0.39, 0.29) is 34.0 Å². The van der Waals surface area contributed by atoms with E-state index in [1.807, 2.05) is 51.1 Å². The predicted molar refractivity (Wildman–Crippen MR) is 204 cm³/mol. The maximum absolute atomic E-state index is 12.9. The summed E-state index contributed by atoms with van der Waals surface area (Å²) in [5.74, 6) is 0.272. The molecule has 0 saturated heterocycles. The van der Waals surface area contributed by atoms with Crippen LogP contribution in [0.4, 0.5) is 10.1 Å². The molecule has 0 unspecified atom stereocenters. The number of anilines is 1. The van der Waals surface area contributed by atoms with Crippen molar-refractivity contribution in [2.75, 3.05) is 5.32 Å². The molecule has 1 saturated carbocycles. The normalized spacial score (nSPS) is 13.8. The van der Waals surface area contributed by atoms with E-state index in [1.54, 1.807) is 49.5 Å². The number of rotatable bonds is 8. The van der Waals surface area contributed by atoms with Crippen LogP contribution in [0.5, 0.6) is 0 Å². The van der Waals surface area contributed by atoms with Crippen molar-refractivity contribution in [2.45, 2.75) is 66.7 Å². The average molecular weight is 653 g/mol. The molecule has 0 atom stereocenters. The zero-order chi connectivity index (χ0) is 35.3. The van der Waals surface area contributed by atoms with Crippen LogP contribution >= 0.6 is 0 Å². The molecule has 0 bridgehead atoms. The lowest BCUT2D eigenvalue weighted by Gasteiger charge is -2.14. The molecule has 2 aliphatic rings. The largest absolute Gasteiger partial charge is 0.325 e. The first-order valence-corrected chi connectivity index (χ1v) is 16.6. The summed E-state index contributed by atoms with van der Waals surface area (Å²) in [6, 6.07) is 18.8. The summed E-state index contributed by atoms with van der Waals surface area (Å²) < 4.78 is 12.9. The van der Waals surface area contributed by atoms with Gasteiger partial charge in [0.15, 0.2) is 11.6 Å². The number of nitrogens with zero attached hydrogens (tertiary/aromatic N) is 1. The van der Waals surface area contributed by atoms with Crippen LogP contribution in [0.2, 0.25) is 0 Å². The summed E-state index contributed by atoms with van der Waals surface area (Å²) in [6.45, 7) is 17.3. The highest BCUT2D eigenvalue weighted by Crippen LogP contribution is 2.48. The molecule has 0 spiro atoms. The summed E-state index contributed by atoms with van der Waals surface area (Å²) >= 11 is 0. The van der Waals surface area contributed by atoms with Gasteiger partial charge in [0.1, 0.15) is 11.2 Å². The van der Waals surface area contributed by atoms with Crippen molar-refractivity contribution >= 4 is 46.2 Å². The van der Waals surface area contributed by atoms with Crippen molar-refractivity contribution in [3.8, 4) is 0 Å². The maximum Gasteiger partial charge on any atom is 0.238 e. The number of carbonyl (C=O) groups is 3. The first-order valence-electron chi connectivity index (χ1n) is 16.6. The van der Waals surface area contributed by atoms with E-state index in [4.69, 9.17) is 0 Å². The number of aromatic nitrogens is 1. The molecule has 1 amide bonds. The first-order chi connectivity index (χ1) is 23.1. The van der Waals surface area contributed by atoms with Gasteiger partial charge in [-0.25, -0.2) is 4.39 Å². The second-order valence-corrected chi connectivity index (χ2v) is 12.0. The fourth-order valence-corrected chi connectivity index (χ4v) is 5.24. The molecule has 6 heteroatoms. The van der Waals surface area contributed by atoms with Crippen LogP contribution in [0.1, 0.15) is 90.3 Å². The van der Waals surface area contributed by atoms with Crippen molar-refractivity contribution in [2.24, 2.45) is 11.3 Å². The minimum Gasteiger partial charge on any atom is -0.325 e. The number of benzene rings is 3. The SMILES string of the molecule is C=Cc1cc2nccc(C)c2cc1C(C)=O.C=Cc1ccc(NC(=O)C2(C(=O)Cc3ccc(F)cc3)CC2)cc1.CC.CC1CC=CC1.[HH].[HH].[HH]. The fourth-order valence-electron chi connectivity index (χ4n) is 5.24. The summed E-state index contributed by atoms with van der Waals surface area (Å²) in [6.07, 6.45) is 13.6. The first kappa shape index (κ1) is 37.5.